The first-order valence-corrected chi connectivity index (χ1v) is 11.4. The van der Waals surface area contributed by atoms with Crippen molar-refractivity contribution in [1.29, 1.82) is 0 Å². The monoisotopic (exact) mass is 461 g/mol. The zero-order valence-corrected chi connectivity index (χ0v) is 18.2. The molecule has 1 aliphatic heterocycles. The average molecular weight is 462 g/mol. The molecule has 0 spiro atoms. The number of benzene rings is 1. The molecule has 1 aliphatic carbocycles. The Kier molecular flexibility index (Phi) is 5.51. The van der Waals surface area contributed by atoms with Crippen molar-refractivity contribution in [3.63, 3.8) is 0 Å². The summed E-state index contributed by atoms with van der Waals surface area (Å²) in [5, 5.41) is 14.5. The van der Waals surface area contributed by atoms with Crippen molar-refractivity contribution in [2.24, 2.45) is 0 Å². The van der Waals surface area contributed by atoms with E-state index in [4.69, 9.17) is 0 Å². The minimum Gasteiger partial charge on any atom is -0.343 e. The van der Waals surface area contributed by atoms with Gasteiger partial charge < -0.3 is 10.3 Å². The number of anilines is 1. The first kappa shape index (κ1) is 21.1. The number of rotatable bonds is 5. The molecule has 33 heavy (non-hydrogen) atoms. The lowest BCUT2D eigenvalue weighted by Crippen LogP contribution is -2.32. The van der Waals surface area contributed by atoms with Gasteiger partial charge in [0.15, 0.2) is 10.9 Å². The van der Waals surface area contributed by atoms with Gasteiger partial charge in [0.05, 0.1) is 10.5 Å². The van der Waals surface area contributed by atoms with Crippen molar-refractivity contribution < 1.29 is 9.72 Å². The Hall–Kier alpha value is -3.79. The summed E-state index contributed by atoms with van der Waals surface area (Å²) in [5.41, 5.74) is 3.32. The predicted octanol–water partition coefficient (Wildman–Crippen LogP) is 3.93. The highest BCUT2D eigenvalue weighted by Crippen LogP contribution is 2.43. The van der Waals surface area contributed by atoms with Crippen LogP contribution >= 0.6 is 11.8 Å². The van der Waals surface area contributed by atoms with E-state index >= 15 is 0 Å². The summed E-state index contributed by atoms with van der Waals surface area (Å²) in [6.45, 7) is 0. The van der Waals surface area contributed by atoms with Crippen LogP contribution < -0.4 is 10.9 Å². The summed E-state index contributed by atoms with van der Waals surface area (Å²) in [6, 6.07) is 9.92. The zero-order chi connectivity index (χ0) is 22.9. The van der Waals surface area contributed by atoms with Gasteiger partial charge in [0.2, 0.25) is 0 Å². The number of Topliss-reactive ketones (excluding diaryl/α,β-unsaturated/α-hetero) is 1. The summed E-state index contributed by atoms with van der Waals surface area (Å²) in [4.78, 5) is 48.0. The molecular weight excluding hydrogens is 442 g/mol. The number of nitrogens with one attached hydrogen (secondary N) is 2. The van der Waals surface area contributed by atoms with Crippen LogP contribution in [0.15, 0.2) is 70.0 Å². The zero-order valence-electron chi connectivity index (χ0n) is 17.4. The molecule has 10 heteroatoms. The van der Waals surface area contributed by atoms with Crippen LogP contribution in [0.1, 0.15) is 41.9 Å². The smallest absolute Gasteiger partial charge is 0.269 e. The number of nitrogens with zero attached hydrogens (tertiary/aromatic N) is 3. The van der Waals surface area contributed by atoms with Crippen LogP contribution in [-0.2, 0) is 10.5 Å². The molecule has 2 aliphatic rings. The number of hydrogen-bond acceptors (Lipinski definition) is 8. The average Bonchev–Trinajstić information content (AvgIpc) is 2.82. The number of nitro benzene ring substituents is 1. The second kappa shape index (κ2) is 8.62. The van der Waals surface area contributed by atoms with E-state index in [1.54, 1.807) is 24.5 Å². The lowest BCUT2D eigenvalue weighted by molar-refractivity contribution is -0.384. The number of carbonyl (C=O) groups is 1. The van der Waals surface area contributed by atoms with Crippen molar-refractivity contribution in [2.45, 2.75) is 36.1 Å². The van der Waals surface area contributed by atoms with Gasteiger partial charge in [-0.1, -0.05) is 23.9 Å². The van der Waals surface area contributed by atoms with E-state index in [9.17, 15) is 19.7 Å². The molecule has 5 rings (SSSR count). The third kappa shape index (κ3) is 4.05. The molecule has 2 N–H and O–H groups in total. The molecule has 1 atom stereocenters. The van der Waals surface area contributed by atoms with Crippen LogP contribution in [0.3, 0.4) is 0 Å². The minimum absolute atomic E-state index is 0.0292. The van der Waals surface area contributed by atoms with Crippen LogP contribution in [0.4, 0.5) is 11.5 Å². The lowest BCUT2D eigenvalue weighted by atomic mass is 9.77. The van der Waals surface area contributed by atoms with Gasteiger partial charge in [0.25, 0.3) is 11.2 Å². The third-order valence-corrected chi connectivity index (χ3v) is 6.74. The van der Waals surface area contributed by atoms with Crippen molar-refractivity contribution in [3.8, 4) is 0 Å². The quantitative estimate of drug-likeness (QED) is 0.253. The Labute approximate surface area is 192 Å². The molecule has 3 aromatic rings. The fourth-order valence-electron chi connectivity index (χ4n) is 4.26. The number of aromatic nitrogens is 3. The minimum atomic E-state index is -0.489. The molecule has 0 saturated heterocycles. The number of carbonyl (C=O) groups excluding carboxylic acids is 1. The second-order valence-corrected chi connectivity index (χ2v) is 8.82. The summed E-state index contributed by atoms with van der Waals surface area (Å²) >= 11 is 1.33. The fourth-order valence-corrected chi connectivity index (χ4v) is 5.08. The third-order valence-electron chi connectivity index (χ3n) is 5.80. The van der Waals surface area contributed by atoms with Crippen molar-refractivity contribution in [3.05, 3.63) is 97.2 Å². The number of H-pyrrole nitrogens is 1. The summed E-state index contributed by atoms with van der Waals surface area (Å²) in [5.74, 6) is 0.504. The van der Waals surface area contributed by atoms with E-state index in [1.165, 1.54) is 23.9 Å². The number of thioether (sulfide) groups is 1. The van der Waals surface area contributed by atoms with Gasteiger partial charge in [-0.3, -0.25) is 24.7 Å². The largest absolute Gasteiger partial charge is 0.343 e. The van der Waals surface area contributed by atoms with Gasteiger partial charge in [-0.25, -0.2) is 4.98 Å². The Bertz CT molecular complexity index is 1340. The topological polar surface area (TPSA) is 131 Å². The Morgan fingerprint density at radius 3 is 2.58 bits per heavy atom. The number of fused-ring (bicyclic) bond motifs is 1. The summed E-state index contributed by atoms with van der Waals surface area (Å²) < 4.78 is 0. The predicted molar refractivity (Wildman–Crippen MR) is 123 cm³/mol. The highest BCUT2D eigenvalue weighted by Gasteiger charge is 2.37. The van der Waals surface area contributed by atoms with Crippen LogP contribution in [0.25, 0.3) is 0 Å². The highest BCUT2D eigenvalue weighted by atomic mass is 32.2. The highest BCUT2D eigenvalue weighted by molar-refractivity contribution is 7.98. The van der Waals surface area contributed by atoms with Crippen LogP contribution in [-0.4, -0.2) is 25.7 Å². The maximum atomic E-state index is 13.2. The molecule has 0 unspecified atom stereocenters. The van der Waals surface area contributed by atoms with E-state index in [0.29, 0.717) is 34.3 Å². The first-order chi connectivity index (χ1) is 16.0. The molecule has 9 nitrogen and oxygen atoms in total. The lowest BCUT2D eigenvalue weighted by Gasteiger charge is -2.32. The first-order valence-electron chi connectivity index (χ1n) is 10.4. The molecule has 0 radical (unpaired) electrons. The number of non-ortho nitro benzene ring substituents is 1. The Morgan fingerprint density at radius 1 is 1.09 bits per heavy atom. The molecule has 0 saturated carbocycles. The van der Waals surface area contributed by atoms with Gasteiger partial charge >= 0.3 is 0 Å². The molecule has 0 amide bonds. The Balaban J connectivity index is 1.49. The maximum Gasteiger partial charge on any atom is 0.269 e. The standard InChI is InChI=1S/C23H19N5O4S/c29-17-3-1-2-16-19(17)18(14-8-10-24-11-9-14)20-21(25-16)26-23(27-22(20)30)33-12-13-4-6-15(7-5-13)28(31)32/h4-11,18H,1-3,12H2,(H2,25,26,27,30)/t18-/m1/s1. The number of nitro groups is 1. The molecular formula is C23H19N5O4S. The van der Waals surface area contributed by atoms with E-state index < -0.39 is 10.8 Å². The Morgan fingerprint density at radius 2 is 1.85 bits per heavy atom. The van der Waals surface area contributed by atoms with Crippen LogP contribution in [0.2, 0.25) is 0 Å². The molecule has 166 valence electrons. The SMILES string of the molecule is O=C1CCCC2=C1[C@@H](c1ccncc1)c1c(nc(SCc3ccc([N+](=O)[O-])cc3)[nH]c1=O)N2. The maximum absolute atomic E-state index is 13.2. The summed E-state index contributed by atoms with van der Waals surface area (Å²) in [7, 11) is 0. The van der Waals surface area contributed by atoms with E-state index in [1.807, 2.05) is 12.1 Å². The van der Waals surface area contributed by atoms with Gasteiger partial charge in [-0.15, -0.1) is 0 Å². The van der Waals surface area contributed by atoms with Crippen LogP contribution in [0.5, 0.6) is 0 Å². The van der Waals surface area contributed by atoms with Gasteiger partial charge in [-0.2, -0.15) is 0 Å². The number of ketones is 1. The second-order valence-electron chi connectivity index (χ2n) is 7.85. The molecule has 2 aromatic heterocycles. The molecule has 0 bridgehead atoms. The number of pyridine rings is 1. The van der Waals surface area contributed by atoms with Crippen LogP contribution in [0, 0.1) is 10.1 Å². The van der Waals surface area contributed by atoms with E-state index in [-0.39, 0.29) is 17.0 Å². The number of allylic oxidation sites excluding steroid dienone is 2. The van der Waals surface area contributed by atoms with E-state index in [0.717, 1.165) is 29.7 Å². The molecule has 0 fully saturated rings. The normalized spacial score (nSPS) is 17.2. The molecule has 3 heterocycles. The van der Waals surface area contributed by atoms with Gasteiger partial charge in [0.1, 0.15) is 5.82 Å². The van der Waals surface area contributed by atoms with Gasteiger partial charge in [0, 0.05) is 53.9 Å². The fraction of sp³-hybridized carbons (Fsp3) is 0.217. The van der Waals surface area contributed by atoms with Crippen molar-refractivity contribution in [1.82, 2.24) is 15.0 Å². The van der Waals surface area contributed by atoms with E-state index in [2.05, 4.69) is 20.3 Å². The number of hydrogen-bond donors (Lipinski definition) is 2. The van der Waals surface area contributed by atoms with Gasteiger partial charge in [-0.05, 0) is 36.1 Å². The van der Waals surface area contributed by atoms with Crippen molar-refractivity contribution >= 4 is 29.1 Å². The van der Waals surface area contributed by atoms with Crippen molar-refractivity contribution in [2.75, 3.05) is 5.32 Å². The number of aromatic amines is 1. The summed E-state index contributed by atoms with van der Waals surface area (Å²) in [6.07, 6.45) is 5.25. The molecule has 1 aromatic carbocycles.